The average molecular weight is 297 g/mol. The van der Waals surface area contributed by atoms with Crippen LogP contribution in [0.5, 0.6) is 0 Å². The van der Waals surface area contributed by atoms with Crippen LogP contribution in [-0.4, -0.2) is 21.2 Å². The average Bonchev–Trinajstić information content (AvgIpc) is 2.73. The number of rotatable bonds is 5. The number of hydrogen-bond acceptors (Lipinski definition) is 4. The first-order chi connectivity index (χ1) is 9.04. The summed E-state index contributed by atoms with van der Waals surface area (Å²) in [5.74, 6) is 0.811. The van der Waals surface area contributed by atoms with Crippen LogP contribution in [0.15, 0.2) is 28.3 Å². The van der Waals surface area contributed by atoms with Gasteiger partial charge in [0, 0.05) is 22.5 Å². The fourth-order valence-electron chi connectivity index (χ4n) is 1.52. The van der Waals surface area contributed by atoms with Crippen molar-refractivity contribution in [3.63, 3.8) is 0 Å². The lowest BCUT2D eigenvalue weighted by Gasteiger charge is -2.10. The lowest BCUT2D eigenvalue weighted by atomic mass is 10.2. The van der Waals surface area contributed by atoms with Crippen molar-refractivity contribution >= 4 is 23.4 Å². The Balaban J connectivity index is 2.06. The Hall–Kier alpha value is -1.04. The summed E-state index contributed by atoms with van der Waals surface area (Å²) in [6.45, 7) is 6.89. The molecule has 0 radical (unpaired) electrons. The third-order valence-corrected chi connectivity index (χ3v) is 3.72. The van der Waals surface area contributed by atoms with Gasteiger partial charge in [0.1, 0.15) is 5.82 Å². The molecule has 2 N–H and O–H groups in total. The zero-order valence-electron chi connectivity index (χ0n) is 11.2. The molecule has 0 bridgehead atoms. The van der Waals surface area contributed by atoms with Gasteiger partial charge in [-0.1, -0.05) is 31.5 Å². The summed E-state index contributed by atoms with van der Waals surface area (Å²) < 4.78 is 0. The molecule has 4 nitrogen and oxygen atoms in total. The second-order valence-electron chi connectivity index (χ2n) is 4.59. The van der Waals surface area contributed by atoms with Crippen LogP contribution >= 0.6 is 23.4 Å². The number of aromatic nitrogens is 3. The number of nitrogens with one attached hydrogen (secondary N) is 2. The predicted molar refractivity (Wildman–Crippen MR) is 78.7 cm³/mol. The second-order valence-corrected chi connectivity index (χ2v) is 6.04. The van der Waals surface area contributed by atoms with Crippen LogP contribution in [0.4, 0.5) is 0 Å². The van der Waals surface area contributed by atoms with E-state index >= 15 is 0 Å². The van der Waals surface area contributed by atoms with E-state index in [4.69, 9.17) is 11.6 Å². The maximum atomic E-state index is 6.28. The Bertz CT molecular complexity index is 553. The number of halogens is 1. The van der Waals surface area contributed by atoms with Crippen LogP contribution in [0.2, 0.25) is 5.02 Å². The molecular formula is C13H17ClN4S. The zero-order chi connectivity index (χ0) is 13.8. The Morgan fingerprint density at radius 2 is 2.21 bits per heavy atom. The van der Waals surface area contributed by atoms with E-state index in [9.17, 15) is 0 Å². The van der Waals surface area contributed by atoms with Crippen LogP contribution in [0.1, 0.15) is 25.2 Å². The summed E-state index contributed by atoms with van der Waals surface area (Å²) in [7, 11) is 0. The second kappa shape index (κ2) is 6.41. The van der Waals surface area contributed by atoms with Gasteiger partial charge in [-0.25, -0.2) is 4.98 Å². The van der Waals surface area contributed by atoms with Crippen LogP contribution in [0.3, 0.4) is 0 Å². The molecule has 0 unspecified atom stereocenters. The molecule has 1 heterocycles. The van der Waals surface area contributed by atoms with Crippen molar-refractivity contribution < 1.29 is 0 Å². The highest BCUT2D eigenvalue weighted by Gasteiger charge is 2.06. The van der Waals surface area contributed by atoms with E-state index in [0.717, 1.165) is 27.9 Å². The van der Waals surface area contributed by atoms with Crippen molar-refractivity contribution in [3.8, 4) is 0 Å². The van der Waals surface area contributed by atoms with Gasteiger partial charge in [0.2, 0.25) is 5.16 Å². The Kier molecular flexibility index (Phi) is 4.85. The van der Waals surface area contributed by atoms with E-state index < -0.39 is 0 Å². The molecule has 2 aromatic rings. The molecule has 0 atom stereocenters. The van der Waals surface area contributed by atoms with Gasteiger partial charge in [-0.15, -0.1) is 5.10 Å². The summed E-state index contributed by atoms with van der Waals surface area (Å²) in [4.78, 5) is 5.30. The number of benzene rings is 1. The molecule has 1 aromatic carbocycles. The van der Waals surface area contributed by atoms with Gasteiger partial charge in [0.15, 0.2) is 0 Å². The highest BCUT2D eigenvalue weighted by Crippen LogP contribution is 2.28. The van der Waals surface area contributed by atoms with E-state index in [2.05, 4.69) is 34.3 Å². The Morgan fingerprint density at radius 3 is 2.79 bits per heavy atom. The molecule has 0 spiro atoms. The van der Waals surface area contributed by atoms with Gasteiger partial charge in [-0.3, -0.25) is 5.10 Å². The lowest BCUT2D eigenvalue weighted by molar-refractivity contribution is 0.589. The maximum absolute atomic E-state index is 6.28. The number of hydrogen-bond donors (Lipinski definition) is 2. The quantitative estimate of drug-likeness (QED) is 0.888. The van der Waals surface area contributed by atoms with E-state index in [1.165, 1.54) is 11.8 Å². The number of aryl methyl sites for hydroxylation is 1. The maximum Gasteiger partial charge on any atom is 0.213 e. The minimum absolute atomic E-state index is 0.446. The summed E-state index contributed by atoms with van der Waals surface area (Å²) in [5, 5.41) is 11.7. The van der Waals surface area contributed by atoms with E-state index in [1.807, 2.05) is 25.1 Å². The van der Waals surface area contributed by atoms with Crippen LogP contribution in [-0.2, 0) is 6.54 Å². The third kappa shape index (κ3) is 4.23. The van der Waals surface area contributed by atoms with Crippen LogP contribution in [0.25, 0.3) is 0 Å². The standard InChI is InChI=1S/C13H17ClN4S/c1-8(2)15-7-10-4-5-11(6-12(10)14)19-13-16-9(3)17-18-13/h4-6,8,15H,7H2,1-3H3,(H,16,17,18). The molecule has 6 heteroatoms. The minimum Gasteiger partial charge on any atom is -0.310 e. The van der Waals surface area contributed by atoms with Gasteiger partial charge in [-0.05, 0) is 36.4 Å². The molecule has 0 saturated heterocycles. The summed E-state index contributed by atoms with van der Waals surface area (Å²) >= 11 is 7.78. The molecule has 0 fully saturated rings. The normalized spacial score (nSPS) is 11.2. The minimum atomic E-state index is 0.446. The van der Waals surface area contributed by atoms with E-state index in [0.29, 0.717) is 11.2 Å². The molecule has 0 amide bonds. The molecule has 19 heavy (non-hydrogen) atoms. The Morgan fingerprint density at radius 1 is 1.42 bits per heavy atom. The lowest BCUT2D eigenvalue weighted by Crippen LogP contribution is -2.21. The highest BCUT2D eigenvalue weighted by atomic mass is 35.5. The molecule has 102 valence electrons. The van der Waals surface area contributed by atoms with Crippen molar-refractivity contribution in [3.05, 3.63) is 34.6 Å². The van der Waals surface area contributed by atoms with Crippen molar-refractivity contribution in [1.82, 2.24) is 20.5 Å². The predicted octanol–water partition coefficient (Wildman–Crippen LogP) is 3.42. The molecule has 0 aliphatic heterocycles. The van der Waals surface area contributed by atoms with Gasteiger partial charge in [-0.2, -0.15) is 0 Å². The highest BCUT2D eigenvalue weighted by molar-refractivity contribution is 7.99. The van der Waals surface area contributed by atoms with Crippen LogP contribution < -0.4 is 5.32 Å². The summed E-state index contributed by atoms with van der Waals surface area (Å²) in [6, 6.07) is 6.48. The van der Waals surface area contributed by atoms with E-state index in [-0.39, 0.29) is 0 Å². The fourth-order valence-corrected chi connectivity index (χ4v) is 2.63. The number of H-pyrrole nitrogens is 1. The van der Waals surface area contributed by atoms with Gasteiger partial charge in [0.25, 0.3) is 0 Å². The number of nitrogens with zero attached hydrogens (tertiary/aromatic N) is 2. The topological polar surface area (TPSA) is 53.6 Å². The summed E-state index contributed by atoms with van der Waals surface area (Å²) in [5.41, 5.74) is 1.10. The third-order valence-electron chi connectivity index (χ3n) is 2.51. The molecule has 0 aliphatic rings. The first-order valence-corrected chi connectivity index (χ1v) is 7.32. The van der Waals surface area contributed by atoms with Gasteiger partial charge in [0.05, 0.1) is 0 Å². The first-order valence-electron chi connectivity index (χ1n) is 6.13. The first kappa shape index (κ1) is 14.4. The summed E-state index contributed by atoms with van der Waals surface area (Å²) in [6.07, 6.45) is 0. The molecule has 0 aliphatic carbocycles. The smallest absolute Gasteiger partial charge is 0.213 e. The Labute approximate surface area is 122 Å². The van der Waals surface area contributed by atoms with Crippen molar-refractivity contribution in [2.75, 3.05) is 0 Å². The van der Waals surface area contributed by atoms with Crippen molar-refractivity contribution in [2.24, 2.45) is 0 Å². The van der Waals surface area contributed by atoms with Crippen molar-refractivity contribution in [2.45, 2.75) is 43.4 Å². The van der Waals surface area contributed by atoms with Gasteiger partial charge >= 0.3 is 0 Å². The zero-order valence-corrected chi connectivity index (χ0v) is 12.8. The molecule has 0 saturated carbocycles. The molecular weight excluding hydrogens is 280 g/mol. The SMILES string of the molecule is Cc1nc(Sc2ccc(CNC(C)C)c(Cl)c2)n[nH]1. The van der Waals surface area contributed by atoms with E-state index in [1.54, 1.807) is 0 Å². The fraction of sp³-hybridized carbons (Fsp3) is 0.385. The van der Waals surface area contributed by atoms with Crippen molar-refractivity contribution in [1.29, 1.82) is 0 Å². The van der Waals surface area contributed by atoms with Crippen LogP contribution in [0, 0.1) is 6.92 Å². The number of aromatic amines is 1. The van der Waals surface area contributed by atoms with Gasteiger partial charge < -0.3 is 5.32 Å². The molecule has 1 aromatic heterocycles. The largest absolute Gasteiger partial charge is 0.310 e. The molecule has 2 rings (SSSR count). The monoisotopic (exact) mass is 296 g/mol.